The van der Waals surface area contributed by atoms with E-state index in [-0.39, 0.29) is 17.6 Å². The zero-order chi connectivity index (χ0) is 31.8. The molecule has 2 heterocycles. The average Bonchev–Trinajstić information content (AvgIpc) is 3.25. The number of hydrogen-bond donors (Lipinski definition) is 0. The molecule has 0 saturated carbocycles. The average molecular weight is 613 g/mol. The summed E-state index contributed by atoms with van der Waals surface area (Å²) in [4.78, 5) is 30.6. The minimum atomic E-state index is -0.687. The smallest absolute Gasteiger partial charge is 0.315 e. The number of piperidine rings is 1. The summed E-state index contributed by atoms with van der Waals surface area (Å²) >= 11 is 0. The Bertz CT molecular complexity index is 1440. The summed E-state index contributed by atoms with van der Waals surface area (Å²) in [5, 5.41) is 0. The number of nitrogens with zero attached hydrogens (tertiary/aromatic N) is 2. The molecular formula is C39H49FN2O3. The van der Waals surface area contributed by atoms with Crippen LogP contribution in [0, 0.1) is 11.7 Å². The van der Waals surface area contributed by atoms with Crippen molar-refractivity contribution in [3.05, 3.63) is 106 Å². The van der Waals surface area contributed by atoms with Crippen molar-refractivity contribution < 1.29 is 18.7 Å². The van der Waals surface area contributed by atoms with Crippen LogP contribution in [0.25, 0.3) is 0 Å². The number of ether oxygens (including phenoxy) is 1. The Balaban J connectivity index is 1.07. The third-order valence-electron chi connectivity index (χ3n) is 9.81. The van der Waals surface area contributed by atoms with E-state index in [1.807, 2.05) is 51.1 Å². The molecule has 3 aromatic rings. The standard InChI is InChI=1S/C39H49FN2O3/c1-4-45-38(44)39(2,3)35-9-5-8-31(25-35)28-42-23-19-32-13-14-34(26-33(32)20-24-42)37(43)10-6-7-29-17-21-41(22-18-29)27-30-11-15-36(40)16-12-30/h5,8-9,11-16,25-26,29H,4,6-7,10,17-24,27-28H2,1-3H3. The normalized spacial score (nSPS) is 16.6. The second-order valence-corrected chi connectivity index (χ2v) is 13.5. The maximum atomic E-state index is 13.2. The molecule has 0 unspecified atom stereocenters. The molecule has 0 aliphatic carbocycles. The van der Waals surface area contributed by atoms with Gasteiger partial charge in [-0.05, 0) is 124 Å². The Morgan fingerprint density at radius 1 is 0.844 bits per heavy atom. The van der Waals surface area contributed by atoms with Gasteiger partial charge in [0.15, 0.2) is 5.78 Å². The molecule has 240 valence electrons. The fourth-order valence-corrected chi connectivity index (χ4v) is 6.83. The second-order valence-electron chi connectivity index (χ2n) is 13.5. The predicted octanol–water partition coefficient (Wildman–Crippen LogP) is 7.53. The number of hydrogen-bond acceptors (Lipinski definition) is 5. The Morgan fingerprint density at radius 3 is 2.27 bits per heavy atom. The van der Waals surface area contributed by atoms with Crippen molar-refractivity contribution in [2.24, 2.45) is 5.92 Å². The van der Waals surface area contributed by atoms with Crippen LogP contribution in [-0.2, 0) is 40.9 Å². The number of carbonyl (C=O) groups is 2. The van der Waals surface area contributed by atoms with Gasteiger partial charge in [0.2, 0.25) is 0 Å². The number of benzene rings is 3. The van der Waals surface area contributed by atoms with Crippen LogP contribution in [0.5, 0.6) is 0 Å². The number of esters is 1. The van der Waals surface area contributed by atoms with Crippen LogP contribution in [0.1, 0.15) is 91.1 Å². The number of fused-ring (bicyclic) bond motifs is 1. The van der Waals surface area contributed by atoms with Gasteiger partial charge in [0.1, 0.15) is 5.82 Å². The van der Waals surface area contributed by atoms with E-state index in [0.717, 1.165) is 94.5 Å². The fraction of sp³-hybridized carbons (Fsp3) is 0.487. The van der Waals surface area contributed by atoms with E-state index in [1.165, 1.54) is 28.8 Å². The molecule has 0 bridgehead atoms. The van der Waals surface area contributed by atoms with E-state index in [2.05, 4.69) is 34.1 Å². The predicted molar refractivity (Wildman–Crippen MR) is 178 cm³/mol. The molecule has 0 spiro atoms. The number of halogens is 1. The quantitative estimate of drug-likeness (QED) is 0.156. The lowest BCUT2D eigenvalue weighted by atomic mass is 9.84. The van der Waals surface area contributed by atoms with Gasteiger partial charge in [-0.15, -0.1) is 0 Å². The largest absolute Gasteiger partial charge is 0.465 e. The molecular weight excluding hydrogens is 563 g/mol. The molecule has 1 fully saturated rings. The molecule has 0 N–H and O–H groups in total. The Kier molecular flexibility index (Phi) is 11.2. The molecule has 5 rings (SSSR count). The van der Waals surface area contributed by atoms with Crippen LogP contribution < -0.4 is 0 Å². The van der Waals surface area contributed by atoms with Gasteiger partial charge in [0.05, 0.1) is 12.0 Å². The van der Waals surface area contributed by atoms with E-state index in [9.17, 15) is 14.0 Å². The summed E-state index contributed by atoms with van der Waals surface area (Å²) in [7, 11) is 0. The maximum absolute atomic E-state index is 13.2. The van der Waals surface area contributed by atoms with E-state index in [1.54, 1.807) is 0 Å². The maximum Gasteiger partial charge on any atom is 0.315 e. The van der Waals surface area contributed by atoms with Crippen molar-refractivity contribution >= 4 is 11.8 Å². The highest BCUT2D eigenvalue weighted by molar-refractivity contribution is 5.96. The fourth-order valence-electron chi connectivity index (χ4n) is 6.83. The lowest BCUT2D eigenvalue weighted by molar-refractivity contribution is -0.148. The highest BCUT2D eigenvalue weighted by Gasteiger charge is 2.31. The Morgan fingerprint density at radius 2 is 1.53 bits per heavy atom. The first-order valence-electron chi connectivity index (χ1n) is 16.8. The van der Waals surface area contributed by atoms with E-state index >= 15 is 0 Å². The second kappa shape index (κ2) is 15.3. The lowest BCUT2D eigenvalue weighted by Crippen LogP contribution is -2.33. The summed E-state index contributed by atoms with van der Waals surface area (Å²) < 4.78 is 18.5. The monoisotopic (exact) mass is 612 g/mol. The SMILES string of the molecule is CCOC(=O)C(C)(C)c1cccc(CN2CCc3ccc(C(=O)CCCC4CCN(Cc5ccc(F)cc5)CC4)cc3CC2)c1. The van der Waals surface area contributed by atoms with Crippen LogP contribution in [-0.4, -0.2) is 54.3 Å². The molecule has 6 heteroatoms. The molecule has 3 aromatic carbocycles. The van der Waals surface area contributed by atoms with Crippen LogP contribution in [0.3, 0.4) is 0 Å². The van der Waals surface area contributed by atoms with E-state index in [4.69, 9.17) is 4.74 Å². The van der Waals surface area contributed by atoms with Crippen LogP contribution in [0.15, 0.2) is 66.7 Å². The van der Waals surface area contributed by atoms with Crippen molar-refractivity contribution in [1.82, 2.24) is 9.80 Å². The highest BCUT2D eigenvalue weighted by atomic mass is 19.1. The third kappa shape index (κ3) is 8.89. The highest BCUT2D eigenvalue weighted by Crippen LogP contribution is 2.28. The van der Waals surface area contributed by atoms with Gasteiger partial charge in [-0.1, -0.05) is 48.5 Å². The van der Waals surface area contributed by atoms with Crippen molar-refractivity contribution in [3.8, 4) is 0 Å². The summed E-state index contributed by atoms with van der Waals surface area (Å²) in [6, 6.07) is 21.5. The first kappa shape index (κ1) is 33.0. The molecule has 5 nitrogen and oxygen atoms in total. The van der Waals surface area contributed by atoms with Crippen molar-refractivity contribution in [1.29, 1.82) is 0 Å². The molecule has 2 aliphatic rings. The molecule has 0 atom stereocenters. The summed E-state index contributed by atoms with van der Waals surface area (Å²) in [6.07, 6.45) is 6.89. The van der Waals surface area contributed by atoms with Gasteiger partial charge in [-0.2, -0.15) is 0 Å². The lowest BCUT2D eigenvalue weighted by Gasteiger charge is -2.32. The summed E-state index contributed by atoms with van der Waals surface area (Å²) in [5.74, 6) is 0.556. The van der Waals surface area contributed by atoms with Gasteiger partial charge in [0.25, 0.3) is 0 Å². The molecule has 45 heavy (non-hydrogen) atoms. The van der Waals surface area contributed by atoms with E-state index < -0.39 is 5.41 Å². The van der Waals surface area contributed by atoms with Gasteiger partial charge in [-0.25, -0.2) is 4.39 Å². The molecule has 1 saturated heterocycles. The number of rotatable bonds is 12. The number of likely N-dealkylation sites (tertiary alicyclic amines) is 1. The molecule has 0 aromatic heterocycles. The molecule has 0 radical (unpaired) electrons. The van der Waals surface area contributed by atoms with Crippen LogP contribution >= 0.6 is 0 Å². The topological polar surface area (TPSA) is 49.9 Å². The van der Waals surface area contributed by atoms with Crippen LogP contribution in [0.2, 0.25) is 0 Å². The summed E-state index contributed by atoms with van der Waals surface area (Å²) in [5.41, 5.74) is 6.15. The minimum Gasteiger partial charge on any atom is -0.465 e. The van der Waals surface area contributed by atoms with Crippen molar-refractivity contribution in [3.63, 3.8) is 0 Å². The summed E-state index contributed by atoms with van der Waals surface area (Å²) in [6.45, 7) is 11.8. The van der Waals surface area contributed by atoms with Crippen molar-refractivity contribution in [2.75, 3.05) is 32.8 Å². The number of Topliss-reactive ketones (excluding diaryl/α,β-unsaturated/α-hetero) is 1. The van der Waals surface area contributed by atoms with E-state index in [0.29, 0.717) is 18.9 Å². The Labute approximate surface area is 268 Å². The zero-order valence-corrected chi connectivity index (χ0v) is 27.3. The third-order valence-corrected chi connectivity index (χ3v) is 9.81. The van der Waals surface area contributed by atoms with Gasteiger partial charge >= 0.3 is 5.97 Å². The number of ketones is 1. The Hall–Kier alpha value is -3.35. The minimum absolute atomic E-state index is 0.183. The van der Waals surface area contributed by atoms with Crippen molar-refractivity contribution in [2.45, 2.75) is 84.2 Å². The van der Waals surface area contributed by atoms with Gasteiger partial charge in [0, 0.05) is 38.2 Å². The molecule has 2 aliphatic heterocycles. The van der Waals surface area contributed by atoms with Gasteiger partial charge < -0.3 is 4.74 Å². The zero-order valence-electron chi connectivity index (χ0n) is 27.3. The first-order chi connectivity index (χ1) is 21.7. The van der Waals surface area contributed by atoms with Crippen LogP contribution in [0.4, 0.5) is 4.39 Å². The molecule has 0 amide bonds. The van der Waals surface area contributed by atoms with Gasteiger partial charge in [-0.3, -0.25) is 19.4 Å². The number of carbonyl (C=O) groups excluding carboxylic acids is 2. The first-order valence-corrected chi connectivity index (χ1v) is 16.8.